The van der Waals surface area contributed by atoms with Gasteiger partial charge in [0.2, 0.25) is 0 Å². The number of hydrogen-bond acceptors (Lipinski definition) is 4. The zero-order chi connectivity index (χ0) is 18.1. The van der Waals surface area contributed by atoms with Gasteiger partial charge in [0.25, 0.3) is 5.91 Å². The number of fused-ring (bicyclic) bond motifs is 3. The highest BCUT2D eigenvalue weighted by atomic mass is 16.3. The van der Waals surface area contributed by atoms with Crippen LogP contribution in [-0.2, 0) is 6.42 Å². The van der Waals surface area contributed by atoms with Crippen molar-refractivity contribution in [2.45, 2.75) is 56.9 Å². The largest absolute Gasteiger partial charge is 0.394 e. The molecule has 2 heterocycles. The van der Waals surface area contributed by atoms with E-state index in [9.17, 15) is 9.90 Å². The number of amides is 1. The lowest BCUT2D eigenvalue weighted by Crippen LogP contribution is -2.46. The standard InChI is InChI=1S/C20H24N4O2/c1-20(2,10-25)22-19(26)17-15-8-13-7-14(13)18(15)24(23-17)16-6-5-12(9-21-16)11-3-4-11/h5-6,9,11,13-14,25H,3-4,7-8,10H2,1-2H3,(H,22,26)/t13-,14-/m1/s1. The first kappa shape index (κ1) is 16.0. The molecular weight excluding hydrogens is 328 g/mol. The summed E-state index contributed by atoms with van der Waals surface area (Å²) >= 11 is 0. The van der Waals surface area contributed by atoms with Crippen LogP contribution in [0.1, 0.15) is 72.3 Å². The fourth-order valence-electron chi connectivity index (χ4n) is 4.06. The summed E-state index contributed by atoms with van der Waals surface area (Å²) in [7, 11) is 0. The van der Waals surface area contributed by atoms with Crippen LogP contribution in [0, 0.1) is 5.92 Å². The molecule has 5 rings (SSSR count). The van der Waals surface area contributed by atoms with E-state index in [1.54, 1.807) is 13.8 Å². The van der Waals surface area contributed by atoms with E-state index in [0.29, 0.717) is 23.4 Å². The summed E-state index contributed by atoms with van der Waals surface area (Å²) in [5.41, 5.74) is 3.34. The molecule has 136 valence electrons. The van der Waals surface area contributed by atoms with Crippen molar-refractivity contribution < 1.29 is 9.90 Å². The highest BCUT2D eigenvalue weighted by Gasteiger charge is 2.50. The van der Waals surface area contributed by atoms with Crippen molar-refractivity contribution in [1.29, 1.82) is 0 Å². The van der Waals surface area contributed by atoms with E-state index in [1.807, 2.05) is 16.9 Å². The normalized spacial score (nSPS) is 23.5. The molecule has 2 N–H and O–H groups in total. The van der Waals surface area contributed by atoms with Crippen molar-refractivity contribution in [2.24, 2.45) is 5.92 Å². The summed E-state index contributed by atoms with van der Waals surface area (Å²) in [6.45, 7) is 3.49. The van der Waals surface area contributed by atoms with Crippen LogP contribution in [0.2, 0.25) is 0 Å². The third-order valence-corrected chi connectivity index (χ3v) is 5.86. The van der Waals surface area contributed by atoms with Crippen LogP contribution in [0.15, 0.2) is 18.3 Å². The van der Waals surface area contributed by atoms with Crippen LogP contribution in [0.25, 0.3) is 5.82 Å². The summed E-state index contributed by atoms with van der Waals surface area (Å²) in [6.07, 6.45) is 6.57. The Balaban J connectivity index is 1.51. The van der Waals surface area contributed by atoms with Crippen molar-refractivity contribution in [3.63, 3.8) is 0 Å². The summed E-state index contributed by atoms with van der Waals surface area (Å²) in [5, 5.41) is 17.0. The maximum Gasteiger partial charge on any atom is 0.272 e. The Morgan fingerprint density at radius 3 is 2.85 bits per heavy atom. The number of aromatic nitrogens is 3. The van der Waals surface area contributed by atoms with Crippen molar-refractivity contribution in [2.75, 3.05) is 6.61 Å². The zero-order valence-corrected chi connectivity index (χ0v) is 15.2. The molecule has 0 bridgehead atoms. The molecule has 0 radical (unpaired) electrons. The van der Waals surface area contributed by atoms with Crippen LogP contribution >= 0.6 is 0 Å². The smallest absolute Gasteiger partial charge is 0.272 e. The second-order valence-corrected chi connectivity index (χ2v) is 8.65. The Morgan fingerprint density at radius 2 is 2.19 bits per heavy atom. The van der Waals surface area contributed by atoms with Gasteiger partial charge in [-0.25, -0.2) is 9.67 Å². The summed E-state index contributed by atoms with van der Waals surface area (Å²) in [6, 6.07) is 4.16. The van der Waals surface area contributed by atoms with Crippen LogP contribution in [0.4, 0.5) is 0 Å². The molecule has 26 heavy (non-hydrogen) atoms. The molecule has 6 heteroatoms. The molecule has 1 amide bonds. The maximum absolute atomic E-state index is 12.8. The van der Waals surface area contributed by atoms with E-state index in [0.717, 1.165) is 23.5 Å². The maximum atomic E-state index is 12.8. The molecule has 0 saturated heterocycles. The number of nitrogens with one attached hydrogen (secondary N) is 1. The summed E-state index contributed by atoms with van der Waals surface area (Å²) in [4.78, 5) is 17.4. The van der Waals surface area contributed by atoms with E-state index >= 15 is 0 Å². The molecule has 2 saturated carbocycles. The quantitative estimate of drug-likeness (QED) is 0.865. The Bertz CT molecular complexity index is 880. The minimum Gasteiger partial charge on any atom is -0.394 e. The second-order valence-electron chi connectivity index (χ2n) is 8.65. The highest BCUT2D eigenvalue weighted by Crippen LogP contribution is 2.57. The van der Waals surface area contributed by atoms with Gasteiger partial charge in [-0.2, -0.15) is 5.10 Å². The number of rotatable bonds is 5. The van der Waals surface area contributed by atoms with Crippen LogP contribution in [0.3, 0.4) is 0 Å². The summed E-state index contributed by atoms with van der Waals surface area (Å²) in [5.74, 6) is 2.41. The molecule has 2 aromatic heterocycles. The predicted molar refractivity (Wildman–Crippen MR) is 96.5 cm³/mol. The molecule has 2 atom stereocenters. The van der Waals surface area contributed by atoms with E-state index in [1.165, 1.54) is 24.8 Å². The monoisotopic (exact) mass is 352 g/mol. The van der Waals surface area contributed by atoms with Crippen LogP contribution in [0.5, 0.6) is 0 Å². The van der Waals surface area contributed by atoms with Gasteiger partial charge in [0.15, 0.2) is 11.5 Å². The zero-order valence-electron chi connectivity index (χ0n) is 15.2. The fraction of sp³-hybridized carbons (Fsp3) is 0.550. The van der Waals surface area contributed by atoms with Gasteiger partial charge >= 0.3 is 0 Å². The van der Waals surface area contributed by atoms with Gasteiger partial charge in [-0.1, -0.05) is 6.07 Å². The molecule has 0 aromatic carbocycles. The number of hydrogen-bond donors (Lipinski definition) is 2. The molecule has 0 aliphatic heterocycles. The number of aliphatic hydroxyl groups is 1. The van der Waals surface area contributed by atoms with E-state index in [2.05, 4.69) is 21.5 Å². The van der Waals surface area contributed by atoms with Crippen LogP contribution < -0.4 is 5.32 Å². The Kier molecular flexibility index (Phi) is 3.32. The van der Waals surface area contributed by atoms with Gasteiger partial charge in [-0.15, -0.1) is 0 Å². The third-order valence-electron chi connectivity index (χ3n) is 5.86. The average molecular weight is 352 g/mol. The van der Waals surface area contributed by atoms with Gasteiger partial charge < -0.3 is 10.4 Å². The van der Waals surface area contributed by atoms with Gasteiger partial charge in [0.1, 0.15) is 0 Å². The molecule has 3 aliphatic carbocycles. The topological polar surface area (TPSA) is 80.0 Å². The lowest BCUT2D eigenvalue weighted by molar-refractivity contribution is 0.0863. The van der Waals surface area contributed by atoms with Crippen molar-refractivity contribution in [1.82, 2.24) is 20.1 Å². The van der Waals surface area contributed by atoms with Gasteiger partial charge in [-0.3, -0.25) is 4.79 Å². The van der Waals surface area contributed by atoms with E-state index in [-0.39, 0.29) is 12.5 Å². The second kappa shape index (κ2) is 5.39. The number of carbonyl (C=O) groups excluding carboxylic acids is 1. The third kappa shape index (κ3) is 2.55. The average Bonchev–Trinajstić information content (AvgIpc) is 3.53. The van der Waals surface area contributed by atoms with Crippen LogP contribution in [-0.4, -0.2) is 37.9 Å². The first-order valence-corrected chi connectivity index (χ1v) is 9.48. The molecular formula is C20H24N4O2. The highest BCUT2D eigenvalue weighted by molar-refractivity contribution is 5.95. The minimum atomic E-state index is -0.667. The Morgan fingerprint density at radius 1 is 1.38 bits per heavy atom. The molecule has 2 aromatic rings. The van der Waals surface area contributed by atoms with Crippen molar-refractivity contribution in [3.8, 4) is 5.82 Å². The number of carbonyl (C=O) groups is 1. The number of aliphatic hydroxyl groups excluding tert-OH is 1. The molecule has 0 unspecified atom stereocenters. The van der Waals surface area contributed by atoms with Crippen molar-refractivity contribution >= 4 is 5.91 Å². The van der Waals surface area contributed by atoms with E-state index in [4.69, 9.17) is 0 Å². The van der Waals surface area contributed by atoms with Gasteiger partial charge in [0.05, 0.1) is 17.8 Å². The first-order valence-electron chi connectivity index (χ1n) is 9.48. The Labute approximate surface area is 152 Å². The SMILES string of the molecule is CC(C)(CO)NC(=O)c1nn(-c2ccc(C3CC3)cn2)c2c1C[C@H]1C[C@@H]21. The summed E-state index contributed by atoms with van der Waals surface area (Å²) < 4.78 is 1.88. The lowest BCUT2D eigenvalue weighted by Gasteiger charge is -2.23. The fourth-order valence-corrected chi connectivity index (χ4v) is 4.06. The first-order chi connectivity index (χ1) is 12.5. The van der Waals surface area contributed by atoms with Gasteiger partial charge in [0, 0.05) is 17.7 Å². The Hall–Kier alpha value is -2.21. The number of nitrogens with zero attached hydrogens (tertiary/aromatic N) is 3. The lowest BCUT2D eigenvalue weighted by atomic mass is 10.1. The molecule has 3 aliphatic rings. The molecule has 0 spiro atoms. The minimum absolute atomic E-state index is 0.114. The molecule has 2 fully saturated rings. The van der Waals surface area contributed by atoms with E-state index < -0.39 is 5.54 Å². The molecule has 6 nitrogen and oxygen atoms in total. The van der Waals surface area contributed by atoms with Crippen molar-refractivity contribution in [3.05, 3.63) is 40.8 Å². The number of pyridine rings is 1. The predicted octanol–water partition coefficient (Wildman–Crippen LogP) is 2.31. The van der Waals surface area contributed by atoms with Gasteiger partial charge in [-0.05, 0) is 63.0 Å².